The van der Waals surface area contributed by atoms with Gasteiger partial charge in [0.1, 0.15) is 5.54 Å². The highest BCUT2D eigenvalue weighted by molar-refractivity contribution is 6.07. The van der Waals surface area contributed by atoms with E-state index in [9.17, 15) is 19.2 Å². The molecule has 1 spiro atoms. The Kier molecular flexibility index (Phi) is 6.19. The molecule has 0 unspecified atom stereocenters. The molecular formula is C21H34N4O4. The van der Waals surface area contributed by atoms with Crippen molar-refractivity contribution in [2.24, 2.45) is 11.8 Å². The molecule has 0 saturated carbocycles. The number of nitrogens with one attached hydrogen (secondary N) is 1. The van der Waals surface area contributed by atoms with Crippen molar-refractivity contribution in [3.8, 4) is 0 Å². The quantitative estimate of drug-likeness (QED) is 0.718. The maximum Gasteiger partial charge on any atom is 0.325 e. The second kappa shape index (κ2) is 8.32. The molecule has 3 heterocycles. The standard InChI is InChI=1S/C21H34N4O4/c1-14(2)12-17(26)24-9-5-6-16(13-24)25-19(28)21(22-20(25)29)7-10-23(11-8-21)18(27)15(3)4/h14-16H,5-13H2,1-4H3,(H,22,29)/t16-/m1/s1. The van der Waals surface area contributed by atoms with E-state index in [1.54, 1.807) is 9.80 Å². The van der Waals surface area contributed by atoms with Gasteiger partial charge in [0, 0.05) is 38.5 Å². The third-order valence-electron chi connectivity index (χ3n) is 6.31. The van der Waals surface area contributed by atoms with E-state index in [2.05, 4.69) is 5.32 Å². The van der Waals surface area contributed by atoms with Crippen LogP contribution in [0.1, 0.15) is 59.8 Å². The monoisotopic (exact) mass is 406 g/mol. The van der Waals surface area contributed by atoms with Crippen LogP contribution in [0, 0.1) is 11.8 Å². The Bertz CT molecular complexity index is 682. The number of likely N-dealkylation sites (tertiary alicyclic amines) is 2. The fourth-order valence-electron chi connectivity index (χ4n) is 4.66. The van der Waals surface area contributed by atoms with Gasteiger partial charge >= 0.3 is 6.03 Å². The Morgan fingerprint density at radius 3 is 2.31 bits per heavy atom. The highest BCUT2D eigenvalue weighted by atomic mass is 16.2. The largest absolute Gasteiger partial charge is 0.342 e. The van der Waals surface area contributed by atoms with Gasteiger partial charge in [-0.25, -0.2) is 4.79 Å². The first-order valence-electron chi connectivity index (χ1n) is 10.9. The SMILES string of the molecule is CC(C)CC(=O)N1CCC[C@@H](N2C(=O)NC3(CCN(C(=O)C(C)C)CC3)C2=O)C1. The fraction of sp³-hybridized carbons (Fsp3) is 0.810. The van der Waals surface area contributed by atoms with Crippen LogP contribution >= 0.6 is 0 Å². The Hall–Kier alpha value is -2.12. The number of carbonyl (C=O) groups is 4. The van der Waals surface area contributed by atoms with Crippen molar-refractivity contribution in [3.63, 3.8) is 0 Å². The summed E-state index contributed by atoms with van der Waals surface area (Å²) in [6.07, 6.45) is 2.87. The molecule has 1 N–H and O–H groups in total. The van der Waals surface area contributed by atoms with Crippen LogP contribution in [-0.2, 0) is 14.4 Å². The molecule has 1 atom stereocenters. The highest BCUT2D eigenvalue weighted by Crippen LogP contribution is 2.33. The fourth-order valence-corrected chi connectivity index (χ4v) is 4.66. The number of rotatable bonds is 4. The van der Waals surface area contributed by atoms with Crippen molar-refractivity contribution >= 4 is 23.8 Å². The van der Waals surface area contributed by atoms with Gasteiger partial charge in [-0.05, 0) is 31.6 Å². The summed E-state index contributed by atoms with van der Waals surface area (Å²) in [6, 6.07) is -0.635. The first-order valence-corrected chi connectivity index (χ1v) is 10.9. The molecule has 0 aromatic heterocycles. The summed E-state index contributed by atoms with van der Waals surface area (Å²) in [7, 11) is 0. The molecule has 3 saturated heterocycles. The van der Waals surface area contributed by atoms with E-state index in [0.29, 0.717) is 45.4 Å². The summed E-state index contributed by atoms with van der Waals surface area (Å²) >= 11 is 0. The summed E-state index contributed by atoms with van der Waals surface area (Å²) in [5.41, 5.74) is -0.908. The van der Waals surface area contributed by atoms with Crippen LogP contribution in [0.5, 0.6) is 0 Å². The van der Waals surface area contributed by atoms with Gasteiger partial charge in [-0.3, -0.25) is 19.3 Å². The summed E-state index contributed by atoms with van der Waals surface area (Å²) in [5, 5.41) is 2.93. The van der Waals surface area contributed by atoms with Gasteiger partial charge in [0.05, 0.1) is 6.04 Å². The number of imide groups is 1. The lowest BCUT2D eigenvalue weighted by molar-refractivity contribution is -0.142. The topological polar surface area (TPSA) is 90.0 Å². The Labute approximate surface area is 172 Å². The van der Waals surface area contributed by atoms with Gasteiger partial charge in [-0.15, -0.1) is 0 Å². The molecule has 3 rings (SSSR count). The van der Waals surface area contributed by atoms with E-state index in [1.165, 1.54) is 4.90 Å². The molecule has 3 fully saturated rings. The van der Waals surface area contributed by atoms with E-state index >= 15 is 0 Å². The maximum absolute atomic E-state index is 13.3. The van der Waals surface area contributed by atoms with Crippen molar-refractivity contribution in [1.29, 1.82) is 0 Å². The van der Waals surface area contributed by atoms with Crippen molar-refractivity contribution in [1.82, 2.24) is 20.0 Å². The van der Waals surface area contributed by atoms with Crippen LogP contribution in [0.4, 0.5) is 4.79 Å². The second-order valence-corrected chi connectivity index (χ2v) is 9.40. The number of piperidine rings is 2. The lowest BCUT2D eigenvalue weighted by atomic mass is 9.86. The summed E-state index contributed by atoms with van der Waals surface area (Å²) in [4.78, 5) is 55.7. The first-order chi connectivity index (χ1) is 13.6. The molecule has 3 aliphatic heterocycles. The number of carbonyl (C=O) groups excluding carboxylic acids is 4. The van der Waals surface area contributed by atoms with Gasteiger partial charge < -0.3 is 15.1 Å². The van der Waals surface area contributed by atoms with E-state index in [1.807, 2.05) is 27.7 Å². The number of urea groups is 1. The van der Waals surface area contributed by atoms with Crippen molar-refractivity contribution in [2.75, 3.05) is 26.2 Å². The normalized spacial score (nSPS) is 24.6. The van der Waals surface area contributed by atoms with Crippen LogP contribution in [0.3, 0.4) is 0 Å². The Morgan fingerprint density at radius 2 is 1.72 bits per heavy atom. The smallest absolute Gasteiger partial charge is 0.325 e. The maximum atomic E-state index is 13.3. The Balaban J connectivity index is 1.66. The third-order valence-corrected chi connectivity index (χ3v) is 6.31. The number of nitrogens with zero attached hydrogens (tertiary/aromatic N) is 3. The van der Waals surface area contributed by atoms with Gasteiger partial charge in [-0.2, -0.15) is 0 Å². The zero-order chi connectivity index (χ0) is 21.3. The molecule has 3 aliphatic rings. The van der Waals surface area contributed by atoms with E-state index in [-0.39, 0.29) is 41.6 Å². The molecule has 5 amide bonds. The van der Waals surface area contributed by atoms with E-state index in [4.69, 9.17) is 0 Å². The predicted molar refractivity (Wildman–Crippen MR) is 108 cm³/mol. The molecule has 8 nitrogen and oxygen atoms in total. The predicted octanol–water partition coefficient (Wildman–Crippen LogP) is 1.59. The summed E-state index contributed by atoms with van der Waals surface area (Å²) < 4.78 is 0. The molecule has 0 aromatic rings. The van der Waals surface area contributed by atoms with Gasteiger partial charge in [0.15, 0.2) is 0 Å². The molecular weight excluding hydrogens is 372 g/mol. The van der Waals surface area contributed by atoms with Crippen LogP contribution in [-0.4, -0.2) is 76.2 Å². The molecule has 0 aromatic carbocycles. The van der Waals surface area contributed by atoms with E-state index in [0.717, 1.165) is 12.8 Å². The van der Waals surface area contributed by atoms with Gasteiger partial charge in [0.2, 0.25) is 11.8 Å². The molecule has 162 valence electrons. The lowest BCUT2D eigenvalue weighted by Gasteiger charge is -2.39. The first kappa shape index (κ1) is 21.6. The van der Waals surface area contributed by atoms with Crippen LogP contribution in [0.2, 0.25) is 0 Å². The number of hydrogen-bond acceptors (Lipinski definition) is 4. The minimum Gasteiger partial charge on any atom is -0.342 e. The van der Waals surface area contributed by atoms with Crippen LogP contribution in [0.15, 0.2) is 0 Å². The molecule has 8 heteroatoms. The third kappa shape index (κ3) is 4.26. The van der Waals surface area contributed by atoms with Gasteiger partial charge in [0.25, 0.3) is 5.91 Å². The minimum atomic E-state index is -0.908. The number of hydrogen-bond donors (Lipinski definition) is 1. The lowest BCUT2D eigenvalue weighted by Crippen LogP contribution is -2.57. The number of amides is 5. The zero-order valence-corrected chi connectivity index (χ0v) is 18.1. The van der Waals surface area contributed by atoms with E-state index < -0.39 is 5.54 Å². The average molecular weight is 407 g/mol. The van der Waals surface area contributed by atoms with Crippen molar-refractivity contribution < 1.29 is 19.2 Å². The summed E-state index contributed by atoms with van der Waals surface area (Å²) in [5.74, 6) is 0.182. The van der Waals surface area contributed by atoms with Crippen LogP contribution < -0.4 is 5.32 Å². The van der Waals surface area contributed by atoms with Crippen molar-refractivity contribution in [3.05, 3.63) is 0 Å². The molecule has 0 radical (unpaired) electrons. The second-order valence-electron chi connectivity index (χ2n) is 9.40. The summed E-state index contributed by atoms with van der Waals surface area (Å²) in [6.45, 7) is 9.80. The Morgan fingerprint density at radius 1 is 1.07 bits per heavy atom. The molecule has 0 bridgehead atoms. The van der Waals surface area contributed by atoms with Crippen LogP contribution in [0.25, 0.3) is 0 Å². The molecule has 29 heavy (non-hydrogen) atoms. The highest BCUT2D eigenvalue weighted by Gasteiger charge is 2.54. The van der Waals surface area contributed by atoms with Gasteiger partial charge in [-0.1, -0.05) is 27.7 Å². The minimum absolute atomic E-state index is 0.0778. The zero-order valence-electron chi connectivity index (χ0n) is 18.1. The molecule has 0 aliphatic carbocycles. The van der Waals surface area contributed by atoms with Crippen molar-refractivity contribution in [2.45, 2.75) is 71.4 Å². The average Bonchev–Trinajstić information content (AvgIpc) is 2.91.